The molecule has 0 aromatic carbocycles. The Morgan fingerprint density at radius 1 is 1.12 bits per heavy atom. The third-order valence-electron chi connectivity index (χ3n) is 3.13. The van der Waals surface area contributed by atoms with E-state index in [0.29, 0.717) is 6.54 Å². The van der Waals surface area contributed by atoms with Gasteiger partial charge in [0.1, 0.15) is 0 Å². The molecular weight excluding hydrogens is 204 g/mol. The van der Waals surface area contributed by atoms with Gasteiger partial charge in [0, 0.05) is 32.7 Å². The van der Waals surface area contributed by atoms with Crippen molar-refractivity contribution < 1.29 is 9.90 Å². The molecular formula is C12H24N2O2. The molecule has 1 heterocycles. The minimum atomic E-state index is -0.692. The first kappa shape index (κ1) is 13.5. The predicted molar refractivity (Wildman–Crippen MR) is 64.6 cm³/mol. The maximum Gasteiger partial charge on any atom is 0.304 e. The number of hydrogen-bond donors (Lipinski definition) is 1. The summed E-state index contributed by atoms with van der Waals surface area (Å²) in [6, 6.07) is 0. The molecule has 1 N–H and O–H groups in total. The number of carbonyl (C=O) groups is 1. The second kappa shape index (κ2) is 6.86. The van der Waals surface area contributed by atoms with Crippen LogP contribution in [0.1, 0.15) is 26.7 Å². The molecule has 0 amide bonds. The van der Waals surface area contributed by atoms with Crippen molar-refractivity contribution in [3.05, 3.63) is 0 Å². The summed E-state index contributed by atoms with van der Waals surface area (Å²) in [5, 5.41) is 8.60. The van der Waals surface area contributed by atoms with Gasteiger partial charge in [-0.2, -0.15) is 0 Å². The first-order valence-corrected chi connectivity index (χ1v) is 6.24. The van der Waals surface area contributed by atoms with Gasteiger partial charge in [-0.05, 0) is 18.9 Å². The molecule has 16 heavy (non-hydrogen) atoms. The van der Waals surface area contributed by atoms with Gasteiger partial charge in [0.25, 0.3) is 0 Å². The Morgan fingerprint density at radius 3 is 2.06 bits per heavy atom. The first-order chi connectivity index (χ1) is 7.58. The van der Waals surface area contributed by atoms with Crippen LogP contribution in [0.4, 0.5) is 0 Å². The second-order valence-electron chi connectivity index (χ2n) is 5.01. The van der Waals surface area contributed by atoms with Crippen molar-refractivity contribution in [1.82, 2.24) is 9.80 Å². The Labute approximate surface area is 98.2 Å². The molecule has 0 spiro atoms. The number of hydrogen-bond acceptors (Lipinski definition) is 3. The zero-order valence-corrected chi connectivity index (χ0v) is 10.5. The lowest BCUT2D eigenvalue weighted by atomic mass is 10.1. The smallest absolute Gasteiger partial charge is 0.304 e. The molecule has 1 aliphatic rings. The number of piperazine rings is 1. The van der Waals surface area contributed by atoms with Crippen LogP contribution in [-0.2, 0) is 4.79 Å². The van der Waals surface area contributed by atoms with Gasteiger partial charge in [-0.25, -0.2) is 0 Å². The summed E-state index contributed by atoms with van der Waals surface area (Å²) in [7, 11) is 0. The molecule has 94 valence electrons. The molecule has 0 aromatic heterocycles. The molecule has 1 saturated heterocycles. The van der Waals surface area contributed by atoms with Crippen LogP contribution in [0.3, 0.4) is 0 Å². The van der Waals surface area contributed by atoms with Crippen LogP contribution in [0.15, 0.2) is 0 Å². The van der Waals surface area contributed by atoms with Gasteiger partial charge in [-0.15, -0.1) is 0 Å². The summed E-state index contributed by atoms with van der Waals surface area (Å²) in [5.41, 5.74) is 0. The minimum Gasteiger partial charge on any atom is -0.481 e. The Morgan fingerprint density at radius 2 is 1.62 bits per heavy atom. The van der Waals surface area contributed by atoms with Crippen LogP contribution in [0.25, 0.3) is 0 Å². The monoisotopic (exact) mass is 228 g/mol. The highest BCUT2D eigenvalue weighted by Crippen LogP contribution is 2.06. The van der Waals surface area contributed by atoms with Gasteiger partial charge in [-0.3, -0.25) is 4.79 Å². The lowest BCUT2D eigenvalue weighted by molar-refractivity contribution is -0.137. The van der Waals surface area contributed by atoms with Crippen LogP contribution in [0.5, 0.6) is 0 Å². The topological polar surface area (TPSA) is 43.8 Å². The third-order valence-corrected chi connectivity index (χ3v) is 3.13. The summed E-state index contributed by atoms with van der Waals surface area (Å²) in [4.78, 5) is 15.2. The van der Waals surface area contributed by atoms with Crippen molar-refractivity contribution >= 4 is 5.97 Å². The van der Waals surface area contributed by atoms with E-state index in [1.54, 1.807) is 0 Å². The van der Waals surface area contributed by atoms with Crippen molar-refractivity contribution in [3.8, 4) is 0 Å². The Bertz CT molecular complexity index is 211. The van der Waals surface area contributed by atoms with Crippen molar-refractivity contribution in [3.63, 3.8) is 0 Å². The average molecular weight is 228 g/mol. The molecule has 1 rings (SSSR count). The molecule has 0 saturated carbocycles. The average Bonchev–Trinajstić information content (AvgIpc) is 2.25. The zero-order valence-electron chi connectivity index (χ0n) is 10.5. The fraction of sp³-hybridized carbons (Fsp3) is 0.917. The Kier molecular flexibility index (Phi) is 5.77. The fourth-order valence-electron chi connectivity index (χ4n) is 1.93. The van der Waals surface area contributed by atoms with Crippen LogP contribution in [0, 0.1) is 5.92 Å². The number of aliphatic carboxylic acids is 1. The van der Waals surface area contributed by atoms with Gasteiger partial charge >= 0.3 is 5.97 Å². The van der Waals surface area contributed by atoms with Crippen molar-refractivity contribution in [2.45, 2.75) is 26.7 Å². The van der Waals surface area contributed by atoms with E-state index in [9.17, 15) is 4.79 Å². The van der Waals surface area contributed by atoms with Crippen LogP contribution >= 0.6 is 0 Å². The second-order valence-corrected chi connectivity index (χ2v) is 5.01. The van der Waals surface area contributed by atoms with E-state index in [1.165, 1.54) is 13.0 Å². The van der Waals surface area contributed by atoms with Crippen molar-refractivity contribution in [2.24, 2.45) is 5.92 Å². The van der Waals surface area contributed by atoms with Crippen LogP contribution in [0.2, 0.25) is 0 Å². The lowest BCUT2D eigenvalue weighted by Crippen LogP contribution is -2.47. The maximum atomic E-state index is 10.4. The van der Waals surface area contributed by atoms with Crippen molar-refractivity contribution in [1.29, 1.82) is 0 Å². The highest BCUT2D eigenvalue weighted by atomic mass is 16.4. The minimum absolute atomic E-state index is 0.270. The predicted octanol–water partition coefficient (Wildman–Crippen LogP) is 1.12. The third kappa shape index (κ3) is 5.47. The molecule has 0 radical (unpaired) electrons. The molecule has 1 fully saturated rings. The number of carboxylic acid groups (broad SMARTS) is 1. The number of rotatable bonds is 6. The molecule has 0 atom stereocenters. The lowest BCUT2D eigenvalue weighted by Gasteiger charge is -2.34. The molecule has 0 bridgehead atoms. The van der Waals surface area contributed by atoms with Crippen LogP contribution < -0.4 is 0 Å². The van der Waals surface area contributed by atoms with E-state index in [0.717, 1.165) is 32.1 Å². The standard InChI is InChI=1S/C12H24N2O2/c1-11(2)3-5-13-7-9-14(10-8-13)6-4-12(15)16/h11H,3-10H2,1-2H3,(H,15,16). The SMILES string of the molecule is CC(C)CCN1CCN(CCC(=O)O)CC1. The normalized spacial score (nSPS) is 19.2. The molecule has 0 aliphatic carbocycles. The summed E-state index contributed by atoms with van der Waals surface area (Å²) in [5.74, 6) is 0.0762. The molecule has 0 unspecified atom stereocenters. The number of nitrogens with zero attached hydrogens (tertiary/aromatic N) is 2. The molecule has 1 aliphatic heterocycles. The Hall–Kier alpha value is -0.610. The first-order valence-electron chi connectivity index (χ1n) is 6.24. The summed E-state index contributed by atoms with van der Waals surface area (Å²) in [6.07, 6.45) is 1.53. The zero-order chi connectivity index (χ0) is 12.0. The van der Waals surface area contributed by atoms with Crippen LogP contribution in [-0.4, -0.2) is 60.1 Å². The largest absolute Gasteiger partial charge is 0.481 e. The number of carboxylic acids is 1. The van der Waals surface area contributed by atoms with Gasteiger partial charge in [0.05, 0.1) is 6.42 Å². The van der Waals surface area contributed by atoms with E-state index >= 15 is 0 Å². The summed E-state index contributed by atoms with van der Waals surface area (Å²) >= 11 is 0. The van der Waals surface area contributed by atoms with E-state index < -0.39 is 5.97 Å². The highest BCUT2D eigenvalue weighted by molar-refractivity contribution is 5.66. The van der Waals surface area contributed by atoms with E-state index in [4.69, 9.17) is 5.11 Å². The highest BCUT2D eigenvalue weighted by Gasteiger charge is 2.16. The van der Waals surface area contributed by atoms with Gasteiger partial charge in [0.2, 0.25) is 0 Å². The van der Waals surface area contributed by atoms with Gasteiger partial charge < -0.3 is 14.9 Å². The fourth-order valence-corrected chi connectivity index (χ4v) is 1.93. The van der Waals surface area contributed by atoms with Gasteiger partial charge in [0.15, 0.2) is 0 Å². The van der Waals surface area contributed by atoms with Crippen molar-refractivity contribution in [2.75, 3.05) is 39.3 Å². The quantitative estimate of drug-likeness (QED) is 0.740. The molecule has 4 heteroatoms. The Balaban J connectivity index is 2.11. The molecule has 0 aromatic rings. The summed E-state index contributed by atoms with van der Waals surface area (Å²) in [6.45, 7) is 10.6. The van der Waals surface area contributed by atoms with E-state index in [-0.39, 0.29) is 6.42 Å². The van der Waals surface area contributed by atoms with Gasteiger partial charge in [-0.1, -0.05) is 13.8 Å². The van der Waals surface area contributed by atoms with E-state index in [2.05, 4.69) is 23.6 Å². The molecule has 4 nitrogen and oxygen atoms in total. The summed E-state index contributed by atoms with van der Waals surface area (Å²) < 4.78 is 0. The van der Waals surface area contributed by atoms with E-state index in [1.807, 2.05) is 0 Å². The maximum absolute atomic E-state index is 10.4.